The molecule has 0 aliphatic carbocycles. The highest BCUT2D eigenvalue weighted by Crippen LogP contribution is 2.30. The molecule has 78 valence electrons. The normalized spacial score (nSPS) is 10.5. The van der Waals surface area contributed by atoms with E-state index in [1.165, 1.54) is 13.2 Å². The fraction of sp³-hybridized carbons (Fsp3) is 0.111. The monoisotopic (exact) mass is 270 g/mol. The maximum atomic E-state index is 10.7. The topological polar surface area (TPSA) is 75.2 Å². The van der Waals surface area contributed by atoms with Crippen LogP contribution in [-0.4, -0.2) is 28.2 Å². The van der Waals surface area contributed by atoms with E-state index >= 15 is 0 Å². The number of aromatic nitrogens is 2. The van der Waals surface area contributed by atoms with Gasteiger partial charge in [0.1, 0.15) is 10.2 Å². The lowest BCUT2D eigenvalue weighted by atomic mass is 10.3. The molecule has 2 N–H and O–H groups in total. The Balaban J connectivity index is 2.71. The highest BCUT2D eigenvalue weighted by Gasteiger charge is 2.12. The molecule has 2 aromatic rings. The van der Waals surface area contributed by atoms with Crippen LogP contribution in [0.3, 0.4) is 0 Å². The summed E-state index contributed by atoms with van der Waals surface area (Å²) in [7, 11) is 1.50. The predicted octanol–water partition coefficient (Wildman–Crippen LogP) is 2.03. The number of rotatable bonds is 2. The first kappa shape index (κ1) is 9.97. The SMILES string of the molecule is COc1ncc2cc(C(=O)O)[nH]c2c1Br. The summed E-state index contributed by atoms with van der Waals surface area (Å²) < 4.78 is 5.62. The number of halogens is 1. The van der Waals surface area contributed by atoms with Crippen LogP contribution in [0, 0.1) is 0 Å². The number of aromatic amines is 1. The van der Waals surface area contributed by atoms with Gasteiger partial charge in [-0.3, -0.25) is 0 Å². The maximum absolute atomic E-state index is 10.7. The first-order chi connectivity index (χ1) is 7.13. The van der Waals surface area contributed by atoms with E-state index in [2.05, 4.69) is 25.9 Å². The van der Waals surface area contributed by atoms with Crippen molar-refractivity contribution >= 4 is 32.8 Å². The maximum Gasteiger partial charge on any atom is 0.352 e. The molecule has 0 saturated carbocycles. The van der Waals surface area contributed by atoms with Gasteiger partial charge in [-0.05, 0) is 22.0 Å². The number of hydrogen-bond donors (Lipinski definition) is 2. The van der Waals surface area contributed by atoms with Gasteiger partial charge in [0.25, 0.3) is 0 Å². The van der Waals surface area contributed by atoms with Crippen molar-refractivity contribution in [2.45, 2.75) is 0 Å². The van der Waals surface area contributed by atoms with Gasteiger partial charge in [-0.15, -0.1) is 0 Å². The molecule has 0 radical (unpaired) electrons. The smallest absolute Gasteiger partial charge is 0.352 e. The summed E-state index contributed by atoms with van der Waals surface area (Å²) in [5.41, 5.74) is 0.792. The lowest BCUT2D eigenvalue weighted by Gasteiger charge is -2.01. The van der Waals surface area contributed by atoms with Gasteiger partial charge < -0.3 is 14.8 Å². The van der Waals surface area contributed by atoms with E-state index in [1.807, 2.05) is 0 Å². The molecule has 2 rings (SSSR count). The van der Waals surface area contributed by atoms with Crippen LogP contribution in [-0.2, 0) is 0 Å². The molecule has 0 saturated heterocycles. The Hall–Kier alpha value is -1.56. The van der Waals surface area contributed by atoms with Crippen molar-refractivity contribution in [2.75, 3.05) is 7.11 Å². The van der Waals surface area contributed by atoms with Gasteiger partial charge in [0, 0.05) is 11.6 Å². The molecule has 0 atom stereocenters. The minimum Gasteiger partial charge on any atom is -0.480 e. The summed E-state index contributed by atoms with van der Waals surface area (Å²) in [6, 6.07) is 1.52. The second kappa shape index (κ2) is 3.54. The number of nitrogens with zero attached hydrogens (tertiary/aromatic N) is 1. The molecule has 0 spiro atoms. The largest absolute Gasteiger partial charge is 0.480 e. The standard InChI is InChI=1S/C9H7BrN2O3/c1-15-8-6(10)7-4(3-11-8)2-5(12-7)9(13)14/h2-3,12H,1H3,(H,13,14). The summed E-state index contributed by atoms with van der Waals surface area (Å²) >= 11 is 3.29. The molecule has 0 amide bonds. The van der Waals surface area contributed by atoms with Crippen LogP contribution in [0.25, 0.3) is 10.9 Å². The van der Waals surface area contributed by atoms with E-state index in [0.29, 0.717) is 15.9 Å². The quantitative estimate of drug-likeness (QED) is 0.876. The van der Waals surface area contributed by atoms with Crippen LogP contribution in [0.4, 0.5) is 0 Å². The van der Waals surface area contributed by atoms with Crippen LogP contribution in [0.15, 0.2) is 16.7 Å². The van der Waals surface area contributed by atoms with Crippen LogP contribution in [0.5, 0.6) is 5.88 Å². The van der Waals surface area contributed by atoms with E-state index in [-0.39, 0.29) is 5.69 Å². The highest BCUT2D eigenvalue weighted by atomic mass is 79.9. The number of ether oxygens (including phenoxy) is 1. The zero-order valence-electron chi connectivity index (χ0n) is 7.74. The summed E-state index contributed by atoms with van der Waals surface area (Å²) in [5.74, 6) is -0.585. The molecule has 0 aromatic carbocycles. The molecule has 0 aliphatic heterocycles. The first-order valence-corrected chi connectivity index (χ1v) is 4.87. The Morgan fingerprint density at radius 3 is 3.00 bits per heavy atom. The lowest BCUT2D eigenvalue weighted by Crippen LogP contribution is -1.95. The van der Waals surface area contributed by atoms with Crippen molar-refractivity contribution in [1.82, 2.24) is 9.97 Å². The van der Waals surface area contributed by atoms with Gasteiger partial charge >= 0.3 is 5.97 Å². The average Bonchev–Trinajstić information content (AvgIpc) is 2.63. The van der Waals surface area contributed by atoms with Gasteiger partial charge in [0.2, 0.25) is 5.88 Å². The summed E-state index contributed by atoms with van der Waals surface area (Å²) in [6.07, 6.45) is 1.56. The molecule has 6 heteroatoms. The number of methoxy groups -OCH3 is 1. The minimum atomic E-state index is -1.00. The summed E-state index contributed by atoms with van der Waals surface area (Å²) in [4.78, 5) is 17.5. The summed E-state index contributed by atoms with van der Waals surface area (Å²) in [6.45, 7) is 0. The Bertz CT molecular complexity index is 535. The fourth-order valence-electron chi connectivity index (χ4n) is 1.30. The number of carboxylic acid groups (broad SMARTS) is 1. The van der Waals surface area contributed by atoms with Gasteiger partial charge in [-0.2, -0.15) is 0 Å². The molecular weight excluding hydrogens is 264 g/mol. The minimum absolute atomic E-state index is 0.126. The van der Waals surface area contributed by atoms with E-state index in [9.17, 15) is 4.79 Å². The van der Waals surface area contributed by atoms with Crippen molar-refractivity contribution < 1.29 is 14.6 Å². The number of hydrogen-bond acceptors (Lipinski definition) is 3. The Morgan fingerprint density at radius 1 is 1.67 bits per heavy atom. The van der Waals surface area contributed by atoms with E-state index in [1.54, 1.807) is 6.20 Å². The average molecular weight is 271 g/mol. The lowest BCUT2D eigenvalue weighted by molar-refractivity contribution is 0.0691. The number of carboxylic acids is 1. The number of nitrogens with one attached hydrogen (secondary N) is 1. The Kier molecular flexibility index (Phi) is 2.36. The third-order valence-corrected chi connectivity index (χ3v) is 2.74. The van der Waals surface area contributed by atoms with Crippen molar-refractivity contribution in [3.05, 3.63) is 22.4 Å². The van der Waals surface area contributed by atoms with Gasteiger partial charge in [-0.25, -0.2) is 9.78 Å². The van der Waals surface area contributed by atoms with Gasteiger partial charge in [0.15, 0.2) is 0 Å². The Labute approximate surface area is 93.2 Å². The second-order valence-corrected chi connectivity index (χ2v) is 3.69. The first-order valence-electron chi connectivity index (χ1n) is 4.08. The van der Waals surface area contributed by atoms with Crippen molar-refractivity contribution in [2.24, 2.45) is 0 Å². The Morgan fingerprint density at radius 2 is 2.40 bits per heavy atom. The van der Waals surface area contributed by atoms with Crippen LogP contribution < -0.4 is 4.74 Å². The van der Waals surface area contributed by atoms with Crippen LogP contribution in [0.2, 0.25) is 0 Å². The van der Waals surface area contributed by atoms with E-state index < -0.39 is 5.97 Å². The number of aromatic carboxylic acids is 1. The molecule has 0 bridgehead atoms. The number of H-pyrrole nitrogens is 1. The van der Waals surface area contributed by atoms with Crippen molar-refractivity contribution in [3.8, 4) is 5.88 Å². The van der Waals surface area contributed by atoms with E-state index in [4.69, 9.17) is 9.84 Å². The highest BCUT2D eigenvalue weighted by molar-refractivity contribution is 9.10. The predicted molar refractivity (Wildman–Crippen MR) is 57.3 cm³/mol. The van der Waals surface area contributed by atoms with Gasteiger partial charge in [0.05, 0.1) is 12.6 Å². The van der Waals surface area contributed by atoms with Crippen molar-refractivity contribution in [1.29, 1.82) is 0 Å². The third-order valence-electron chi connectivity index (χ3n) is 2.00. The molecular formula is C9H7BrN2O3. The van der Waals surface area contributed by atoms with Gasteiger partial charge in [-0.1, -0.05) is 0 Å². The zero-order valence-corrected chi connectivity index (χ0v) is 9.33. The number of pyridine rings is 1. The molecule has 2 aromatic heterocycles. The number of carbonyl (C=O) groups is 1. The summed E-state index contributed by atoms with van der Waals surface area (Å²) in [5, 5.41) is 9.53. The van der Waals surface area contributed by atoms with Crippen LogP contribution >= 0.6 is 15.9 Å². The third kappa shape index (κ3) is 1.56. The fourth-order valence-corrected chi connectivity index (χ4v) is 1.90. The van der Waals surface area contributed by atoms with Crippen LogP contribution in [0.1, 0.15) is 10.5 Å². The molecule has 0 fully saturated rings. The second-order valence-electron chi connectivity index (χ2n) is 2.90. The van der Waals surface area contributed by atoms with Crippen molar-refractivity contribution in [3.63, 3.8) is 0 Å². The molecule has 0 unspecified atom stereocenters. The molecule has 15 heavy (non-hydrogen) atoms. The molecule has 2 heterocycles. The number of fused-ring (bicyclic) bond motifs is 1. The molecule has 0 aliphatic rings. The van der Waals surface area contributed by atoms with E-state index in [0.717, 1.165) is 5.39 Å². The molecule has 5 nitrogen and oxygen atoms in total. The zero-order chi connectivity index (χ0) is 11.0.